The van der Waals surface area contributed by atoms with Gasteiger partial charge >= 0.3 is 5.69 Å². The number of H-pyrrole nitrogens is 1. The summed E-state index contributed by atoms with van der Waals surface area (Å²) in [4.78, 5) is 52.3. The lowest BCUT2D eigenvalue weighted by atomic mass is 10.1. The fraction of sp³-hybridized carbons (Fsp3) is 0.261. The van der Waals surface area contributed by atoms with Crippen molar-refractivity contribution in [1.29, 1.82) is 0 Å². The monoisotopic (exact) mass is 467 g/mol. The van der Waals surface area contributed by atoms with Gasteiger partial charge < -0.3 is 15.4 Å². The Balaban J connectivity index is 1.98. The SMILES string of the molecule is COCCCN(C(=O)Cc1ccc([N+](=O)[O-])cc1)c1c(N)n(Cc2ccccc2)c(=O)[nH]c1=O. The number of carbonyl (C=O) groups is 1. The number of nitro groups is 1. The van der Waals surface area contributed by atoms with E-state index in [0.717, 1.165) is 5.56 Å². The van der Waals surface area contributed by atoms with Crippen LogP contribution in [0.15, 0.2) is 64.2 Å². The number of methoxy groups -OCH3 is 1. The number of rotatable bonds is 10. The highest BCUT2D eigenvalue weighted by Gasteiger charge is 2.24. The van der Waals surface area contributed by atoms with Crippen LogP contribution in [0.3, 0.4) is 0 Å². The molecule has 2 aromatic carbocycles. The average Bonchev–Trinajstić information content (AvgIpc) is 2.81. The Hall–Kier alpha value is -4.25. The van der Waals surface area contributed by atoms with Crippen molar-refractivity contribution in [3.8, 4) is 0 Å². The molecule has 3 N–H and O–H groups in total. The molecule has 0 unspecified atom stereocenters. The molecule has 0 aliphatic rings. The number of amides is 1. The molecule has 0 bridgehead atoms. The van der Waals surface area contributed by atoms with Crippen LogP contribution in [0.25, 0.3) is 0 Å². The first-order valence-electron chi connectivity index (χ1n) is 10.5. The van der Waals surface area contributed by atoms with E-state index in [4.69, 9.17) is 10.5 Å². The average molecular weight is 467 g/mol. The van der Waals surface area contributed by atoms with Crippen molar-refractivity contribution in [3.05, 3.63) is 96.7 Å². The summed E-state index contributed by atoms with van der Waals surface area (Å²) < 4.78 is 6.27. The summed E-state index contributed by atoms with van der Waals surface area (Å²) in [6, 6.07) is 14.7. The van der Waals surface area contributed by atoms with Crippen molar-refractivity contribution in [2.75, 3.05) is 30.9 Å². The number of aromatic nitrogens is 2. The summed E-state index contributed by atoms with van der Waals surface area (Å²) in [6.45, 7) is 0.566. The van der Waals surface area contributed by atoms with Crippen LogP contribution in [0.5, 0.6) is 0 Å². The second-order valence-corrected chi connectivity index (χ2v) is 7.56. The van der Waals surface area contributed by atoms with Crippen molar-refractivity contribution in [2.24, 2.45) is 0 Å². The van der Waals surface area contributed by atoms with Crippen LogP contribution < -0.4 is 21.9 Å². The number of nitrogens with two attached hydrogens (primary N) is 1. The lowest BCUT2D eigenvalue weighted by Gasteiger charge is -2.24. The van der Waals surface area contributed by atoms with Crippen molar-refractivity contribution in [1.82, 2.24) is 9.55 Å². The van der Waals surface area contributed by atoms with Gasteiger partial charge in [-0.2, -0.15) is 0 Å². The highest BCUT2D eigenvalue weighted by Crippen LogP contribution is 2.20. The predicted octanol–water partition coefficient (Wildman–Crippen LogP) is 1.69. The van der Waals surface area contributed by atoms with Gasteiger partial charge in [0.25, 0.3) is 11.2 Å². The number of hydrogen-bond donors (Lipinski definition) is 2. The summed E-state index contributed by atoms with van der Waals surface area (Å²) in [6.07, 6.45) is 0.293. The molecule has 0 atom stereocenters. The largest absolute Gasteiger partial charge is 0.385 e. The Kier molecular flexibility index (Phi) is 7.93. The topological polar surface area (TPSA) is 154 Å². The Morgan fingerprint density at radius 3 is 2.41 bits per heavy atom. The summed E-state index contributed by atoms with van der Waals surface area (Å²) in [5.41, 5.74) is 5.90. The maximum absolute atomic E-state index is 13.2. The van der Waals surface area contributed by atoms with Gasteiger partial charge in [0, 0.05) is 32.4 Å². The van der Waals surface area contributed by atoms with E-state index < -0.39 is 22.1 Å². The molecule has 0 radical (unpaired) electrons. The molecule has 1 heterocycles. The number of benzene rings is 2. The number of hydrogen-bond acceptors (Lipinski definition) is 7. The molecule has 3 rings (SSSR count). The third-order valence-corrected chi connectivity index (χ3v) is 5.20. The molecule has 11 heteroatoms. The van der Waals surface area contributed by atoms with Crippen LogP contribution in [0.2, 0.25) is 0 Å². The highest BCUT2D eigenvalue weighted by atomic mass is 16.6. The minimum atomic E-state index is -0.777. The number of ether oxygens (including phenoxy) is 1. The van der Waals surface area contributed by atoms with E-state index in [1.807, 2.05) is 30.3 Å². The normalized spacial score (nSPS) is 10.7. The van der Waals surface area contributed by atoms with Gasteiger partial charge in [0.15, 0.2) is 5.69 Å². The van der Waals surface area contributed by atoms with E-state index in [1.54, 1.807) is 0 Å². The molecule has 1 amide bonds. The van der Waals surface area contributed by atoms with E-state index in [0.29, 0.717) is 18.6 Å². The van der Waals surface area contributed by atoms with Crippen molar-refractivity contribution < 1.29 is 14.5 Å². The zero-order valence-corrected chi connectivity index (χ0v) is 18.6. The third kappa shape index (κ3) is 5.75. The van der Waals surface area contributed by atoms with Gasteiger partial charge in [-0.3, -0.25) is 29.3 Å². The zero-order valence-electron chi connectivity index (χ0n) is 18.6. The van der Waals surface area contributed by atoms with Gasteiger partial charge in [-0.1, -0.05) is 42.5 Å². The minimum Gasteiger partial charge on any atom is -0.385 e. The Morgan fingerprint density at radius 2 is 1.79 bits per heavy atom. The van der Waals surface area contributed by atoms with Crippen LogP contribution in [-0.2, 0) is 22.5 Å². The Bertz CT molecular complexity index is 1270. The van der Waals surface area contributed by atoms with E-state index in [2.05, 4.69) is 4.98 Å². The molecule has 1 aromatic heterocycles. The van der Waals surface area contributed by atoms with Crippen LogP contribution in [-0.4, -0.2) is 40.6 Å². The van der Waals surface area contributed by atoms with Crippen LogP contribution in [0, 0.1) is 10.1 Å². The molecule has 0 aliphatic carbocycles. The van der Waals surface area contributed by atoms with Gasteiger partial charge in [-0.15, -0.1) is 0 Å². The maximum atomic E-state index is 13.2. The molecule has 0 aliphatic heterocycles. The first-order chi connectivity index (χ1) is 16.3. The molecule has 11 nitrogen and oxygen atoms in total. The minimum absolute atomic E-state index is 0.0955. The molecule has 34 heavy (non-hydrogen) atoms. The fourth-order valence-corrected chi connectivity index (χ4v) is 3.49. The molecule has 0 saturated heterocycles. The lowest BCUT2D eigenvalue weighted by Crippen LogP contribution is -2.42. The smallest absolute Gasteiger partial charge is 0.330 e. The Morgan fingerprint density at radius 1 is 1.12 bits per heavy atom. The number of nitrogens with one attached hydrogen (secondary N) is 1. The quantitative estimate of drug-likeness (QED) is 0.261. The van der Waals surface area contributed by atoms with E-state index >= 15 is 0 Å². The lowest BCUT2D eigenvalue weighted by molar-refractivity contribution is -0.384. The number of anilines is 2. The first-order valence-corrected chi connectivity index (χ1v) is 10.5. The van der Waals surface area contributed by atoms with E-state index in [-0.39, 0.29) is 36.7 Å². The van der Waals surface area contributed by atoms with E-state index in [1.165, 1.54) is 40.8 Å². The van der Waals surface area contributed by atoms with Gasteiger partial charge in [0.2, 0.25) is 5.91 Å². The molecular weight excluding hydrogens is 442 g/mol. The van der Waals surface area contributed by atoms with Crippen molar-refractivity contribution in [3.63, 3.8) is 0 Å². The first kappa shape index (κ1) is 24.4. The van der Waals surface area contributed by atoms with Crippen LogP contribution >= 0.6 is 0 Å². The van der Waals surface area contributed by atoms with E-state index in [9.17, 15) is 24.5 Å². The summed E-state index contributed by atoms with van der Waals surface area (Å²) in [5.74, 6) is -0.584. The number of nitrogen functional groups attached to an aromatic ring is 1. The summed E-state index contributed by atoms with van der Waals surface area (Å²) in [7, 11) is 1.52. The molecule has 178 valence electrons. The number of non-ortho nitro benzene ring substituents is 1. The standard InChI is InChI=1S/C23H25N5O6/c1-34-13-5-12-26(19(29)14-16-8-10-18(11-9-16)28(32)33)20-21(24)27(23(31)25-22(20)30)15-17-6-3-2-4-7-17/h2-4,6-11H,5,12-15,24H2,1H3,(H,25,30,31). The number of aromatic amines is 1. The molecule has 0 saturated carbocycles. The maximum Gasteiger partial charge on any atom is 0.330 e. The molecule has 0 fully saturated rings. The number of carbonyl (C=O) groups excluding carboxylic acids is 1. The van der Waals surface area contributed by atoms with Gasteiger partial charge in [0.05, 0.1) is 17.9 Å². The second-order valence-electron chi connectivity index (χ2n) is 7.56. The second kappa shape index (κ2) is 11.1. The van der Waals surface area contributed by atoms with Crippen molar-refractivity contribution in [2.45, 2.75) is 19.4 Å². The molecule has 0 spiro atoms. The summed E-state index contributed by atoms with van der Waals surface area (Å²) in [5, 5.41) is 10.9. The molecule has 3 aromatic rings. The van der Waals surface area contributed by atoms with Crippen LogP contribution in [0.1, 0.15) is 17.5 Å². The predicted molar refractivity (Wildman–Crippen MR) is 127 cm³/mol. The number of nitro benzene ring substituents is 1. The van der Waals surface area contributed by atoms with Gasteiger partial charge in [-0.25, -0.2) is 4.79 Å². The summed E-state index contributed by atoms with van der Waals surface area (Å²) >= 11 is 0. The zero-order chi connectivity index (χ0) is 24.7. The fourth-order valence-electron chi connectivity index (χ4n) is 3.49. The Labute approximate surface area is 194 Å². The molecular formula is C23H25N5O6. The highest BCUT2D eigenvalue weighted by molar-refractivity contribution is 5.96. The van der Waals surface area contributed by atoms with Gasteiger partial charge in [-0.05, 0) is 17.5 Å². The van der Waals surface area contributed by atoms with Crippen molar-refractivity contribution >= 4 is 23.1 Å². The third-order valence-electron chi connectivity index (χ3n) is 5.20. The van der Waals surface area contributed by atoms with Crippen LogP contribution in [0.4, 0.5) is 17.2 Å². The van der Waals surface area contributed by atoms with Gasteiger partial charge in [0.1, 0.15) is 5.82 Å². The number of nitrogens with zero attached hydrogens (tertiary/aromatic N) is 3.